The van der Waals surface area contributed by atoms with Gasteiger partial charge < -0.3 is 5.73 Å². The maximum absolute atomic E-state index is 11.7. The molecule has 0 saturated heterocycles. The van der Waals surface area contributed by atoms with Crippen LogP contribution < -0.4 is 10.5 Å². The molecule has 16 heavy (non-hydrogen) atoms. The van der Waals surface area contributed by atoms with Crippen molar-refractivity contribution in [2.45, 2.75) is 25.1 Å². The molecule has 1 rings (SSSR count). The topological polar surface area (TPSA) is 72.2 Å². The highest BCUT2D eigenvalue weighted by Crippen LogP contribution is 2.27. The Morgan fingerprint density at radius 3 is 2.56 bits per heavy atom. The van der Waals surface area contributed by atoms with Crippen LogP contribution in [0.1, 0.15) is 24.8 Å². The normalized spacial score (nSPS) is 16.0. The Bertz CT molecular complexity index is 444. The van der Waals surface area contributed by atoms with Crippen LogP contribution in [0.25, 0.3) is 0 Å². The number of nitrogens with two attached hydrogens (primary N) is 1. The SMILES string of the molecule is CC(NS(=O)(=O)C(C)CN)c1ccc(Cl)s1. The van der Waals surface area contributed by atoms with Gasteiger partial charge in [-0.15, -0.1) is 11.3 Å². The van der Waals surface area contributed by atoms with Crippen molar-refractivity contribution >= 4 is 33.0 Å². The summed E-state index contributed by atoms with van der Waals surface area (Å²) in [6, 6.07) is 3.28. The fraction of sp³-hybridized carbons (Fsp3) is 0.556. The molecule has 0 aromatic carbocycles. The lowest BCUT2D eigenvalue weighted by atomic mass is 10.3. The largest absolute Gasteiger partial charge is 0.329 e. The molecule has 0 saturated carbocycles. The first-order chi connectivity index (χ1) is 7.36. The van der Waals surface area contributed by atoms with E-state index in [0.717, 1.165) is 4.88 Å². The van der Waals surface area contributed by atoms with Gasteiger partial charge in [0, 0.05) is 11.4 Å². The van der Waals surface area contributed by atoms with Gasteiger partial charge in [0.2, 0.25) is 10.0 Å². The zero-order valence-corrected chi connectivity index (χ0v) is 11.5. The first-order valence-electron chi connectivity index (χ1n) is 4.83. The fourth-order valence-corrected chi connectivity index (χ4v) is 3.35. The Balaban J connectivity index is 2.75. The molecule has 92 valence electrons. The lowest BCUT2D eigenvalue weighted by Gasteiger charge is -2.16. The summed E-state index contributed by atoms with van der Waals surface area (Å²) in [6.07, 6.45) is 0. The van der Waals surface area contributed by atoms with E-state index in [4.69, 9.17) is 17.3 Å². The second kappa shape index (κ2) is 5.46. The van der Waals surface area contributed by atoms with Crippen LogP contribution >= 0.6 is 22.9 Å². The molecular formula is C9H15ClN2O2S2. The number of rotatable bonds is 5. The molecule has 4 nitrogen and oxygen atoms in total. The number of nitrogens with one attached hydrogen (secondary N) is 1. The van der Waals surface area contributed by atoms with Crippen molar-refractivity contribution in [3.8, 4) is 0 Å². The number of thiophene rings is 1. The predicted octanol–water partition coefficient (Wildman–Crippen LogP) is 1.73. The number of sulfonamides is 1. The molecule has 7 heteroatoms. The Morgan fingerprint density at radius 2 is 2.12 bits per heavy atom. The van der Waals surface area contributed by atoms with Crippen LogP contribution in [0.3, 0.4) is 0 Å². The van der Waals surface area contributed by atoms with Gasteiger partial charge >= 0.3 is 0 Å². The summed E-state index contributed by atoms with van der Waals surface area (Å²) in [7, 11) is -3.36. The van der Waals surface area contributed by atoms with Crippen LogP contribution in [-0.2, 0) is 10.0 Å². The smallest absolute Gasteiger partial charge is 0.216 e. The number of hydrogen-bond donors (Lipinski definition) is 2. The highest BCUT2D eigenvalue weighted by molar-refractivity contribution is 7.90. The molecule has 2 unspecified atom stereocenters. The van der Waals surface area contributed by atoms with Crippen molar-refractivity contribution in [2.24, 2.45) is 5.73 Å². The average Bonchev–Trinajstić information content (AvgIpc) is 2.63. The predicted molar refractivity (Wildman–Crippen MR) is 68.3 cm³/mol. The third-order valence-electron chi connectivity index (χ3n) is 2.22. The van der Waals surface area contributed by atoms with E-state index in [0.29, 0.717) is 4.34 Å². The lowest BCUT2D eigenvalue weighted by molar-refractivity contribution is 0.556. The summed E-state index contributed by atoms with van der Waals surface area (Å²) in [4.78, 5) is 0.887. The second-order valence-corrected chi connectivity index (χ2v) is 7.45. The summed E-state index contributed by atoms with van der Waals surface area (Å²) in [5, 5.41) is -0.592. The van der Waals surface area contributed by atoms with Crippen LogP contribution in [0.5, 0.6) is 0 Å². The van der Waals surface area contributed by atoms with E-state index in [1.807, 2.05) is 6.07 Å². The summed E-state index contributed by atoms with van der Waals surface area (Å²) in [5.41, 5.74) is 5.34. The van der Waals surface area contributed by atoms with Crippen LogP contribution in [0.15, 0.2) is 12.1 Å². The minimum Gasteiger partial charge on any atom is -0.329 e. The van der Waals surface area contributed by atoms with Gasteiger partial charge in [-0.3, -0.25) is 0 Å². The van der Waals surface area contributed by atoms with Crippen molar-refractivity contribution in [3.63, 3.8) is 0 Å². The molecule has 2 atom stereocenters. The third kappa shape index (κ3) is 3.43. The Hall–Kier alpha value is -0.140. The van der Waals surface area contributed by atoms with Gasteiger partial charge in [-0.25, -0.2) is 13.1 Å². The van der Waals surface area contributed by atoms with Crippen LogP contribution in [-0.4, -0.2) is 20.2 Å². The maximum atomic E-state index is 11.7. The summed E-state index contributed by atoms with van der Waals surface area (Å²) in [5.74, 6) is 0. The van der Waals surface area contributed by atoms with Crippen LogP contribution in [0, 0.1) is 0 Å². The van der Waals surface area contributed by atoms with Gasteiger partial charge in [0.05, 0.1) is 15.6 Å². The van der Waals surface area contributed by atoms with Gasteiger partial charge in [-0.05, 0) is 26.0 Å². The molecule has 0 fully saturated rings. The standard InChI is InChI=1S/C9H15ClN2O2S2/c1-6(5-11)16(13,14)12-7(2)8-3-4-9(10)15-8/h3-4,6-7,12H,5,11H2,1-2H3. The van der Waals surface area contributed by atoms with E-state index >= 15 is 0 Å². The molecule has 0 aliphatic rings. The third-order valence-corrected chi connectivity index (χ3v) is 5.57. The molecule has 0 spiro atoms. The highest BCUT2D eigenvalue weighted by atomic mass is 35.5. The van der Waals surface area contributed by atoms with Gasteiger partial charge in [0.15, 0.2) is 0 Å². The van der Waals surface area contributed by atoms with E-state index in [1.165, 1.54) is 11.3 Å². The maximum Gasteiger partial charge on any atom is 0.216 e. The molecule has 0 bridgehead atoms. The first kappa shape index (κ1) is 13.9. The molecule has 0 aliphatic carbocycles. The van der Waals surface area contributed by atoms with E-state index < -0.39 is 15.3 Å². The van der Waals surface area contributed by atoms with Gasteiger partial charge in [-0.2, -0.15) is 0 Å². The zero-order valence-electron chi connectivity index (χ0n) is 9.10. The van der Waals surface area contributed by atoms with Gasteiger partial charge in [0.25, 0.3) is 0 Å². The van der Waals surface area contributed by atoms with Crippen molar-refractivity contribution in [3.05, 3.63) is 21.3 Å². The summed E-state index contributed by atoms with van der Waals surface area (Å²) < 4.78 is 26.7. The molecule has 1 heterocycles. The fourth-order valence-electron chi connectivity index (χ4n) is 1.11. The van der Waals surface area contributed by atoms with Crippen LogP contribution in [0.4, 0.5) is 0 Å². The zero-order chi connectivity index (χ0) is 12.3. The Morgan fingerprint density at radius 1 is 1.50 bits per heavy atom. The van der Waals surface area contributed by atoms with E-state index in [1.54, 1.807) is 19.9 Å². The van der Waals surface area contributed by atoms with Crippen molar-refractivity contribution in [2.75, 3.05) is 6.54 Å². The number of hydrogen-bond acceptors (Lipinski definition) is 4. The molecule has 3 N–H and O–H groups in total. The minimum atomic E-state index is -3.36. The molecule has 0 aliphatic heterocycles. The summed E-state index contributed by atoms with van der Waals surface area (Å²) >= 11 is 7.15. The van der Waals surface area contributed by atoms with Gasteiger partial charge in [0.1, 0.15) is 0 Å². The minimum absolute atomic E-state index is 0.104. The second-order valence-electron chi connectivity index (χ2n) is 3.57. The van der Waals surface area contributed by atoms with Crippen LogP contribution in [0.2, 0.25) is 4.34 Å². The van der Waals surface area contributed by atoms with E-state index in [-0.39, 0.29) is 12.6 Å². The molecule has 0 radical (unpaired) electrons. The van der Waals surface area contributed by atoms with Crippen molar-refractivity contribution in [1.29, 1.82) is 0 Å². The van der Waals surface area contributed by atoms with Crippen molar-refractivity contribution < 1.29 is 8.42 Å². The highest BCUT2D eigenvalue weighted by Gasteiger charge is 2.22. The summed E-state index contributed by atoms with van der Waals surface area (Å²) in [6.45, 7) is 3.46. The number of halogens is 1. The molecule has 1 aromatic heterocycles. The van der Waals surface area contributed by atoms with Gasteiger partial charge in [-0.1, -0.05) is 11.6 Å². The Kier molecular flexibility index (Phi) is 4.75. The van der Waals surface area contributed by atoms with E-state index in [9.17, 15) is 8.42 Å². The van der Waals surface area contributed by atoms with E-state index in [2.05, 4.69) is 4.72 Å². The molecule has 1 aromatic rings. The quantitative estimate of drug-likeness (QED) is 0.864. The molecule has 0 amide bonds. The average molecular weight is 283 g/mol. The monoisotopic (exact) mass is 282 g/mol. The lowest BCUT2D eigenvalue weighted by Crippen LogP contribution is -2.38. The molecular weight excluding hydrogens is 268 g/mol. The van der Waals surface area contributed by atoms with Crippen molar-refractivity contribution in [1.82, 2.24) is 4.72 Å². The Labute approximate surface area is 105 Å². The first-order valence-corrected chi connectivity index (χ1v) is 7.57.